The molecule has 1 amide bonds. The molecule has 3 aromatic rings. The first-order chi connectivity index (χ1) is 15.0. The second-order valence-electron chi connectivity index (χ2n) is 7.28. The first kappa shape index (κ1) is 21.1. The molecule has 0 fully saturated rings. The smallest absolute Gasteiger partial charge is 0.355 e. The molecule has 1 aliphatic heterocycles. The van der Waals surface area contributed by atoms with E-state index in [9.17, 15) is 9.59 Å². The minimum absolute atomic E-state index is 0.245. The molecule has 1 N–H and O–H groups in total. The lowest BCUT2D eigenvalue weighted by atomic mass is 10.2. The highest BCUT2D eigenvalue weighted by Crippen LogP contribution is 2.37. The van der Waals surface area contributed by atoms with Crippen LogP contribution in [0.3, 0.4) is 0 Å². The number of nitrogens with zero attached hydrogens (tertiary/aromatic N) is 1. The maximum absolute atomic E-state index is 12.9. The number of rotatable bonds is 5. The van der Waals surface area contributed by atoms with Gasteiger partial charge in [-0.2, -0.15) is 0 Å². The molecule has 1 aliphatic rings. The number of ether oxygens (including phenoxy) is 3. The van der Waals surface area contributed by atoms with Crippen LogP contribution in [0.5, 0.6) is 11.5 Å². The number of benzene rings is 2. The average molecular weight is 441 g/mol. The highest BCUT2D eigenvalue weighted by atomic mass is 32.2. The molecule has 8 heteroatoms. The number of hydrogen-bond acceptors (Lipinski definition) is 6. The van der Waals surface area contributed by atoms with Gasteiger partial charge in [0, 0.05) is 28.1 Å². The predicted octanol–water partition coefficient (Wildman–Crippen LogP) is 4.26. The number of nitrogens with one attached hydrogen (secondary N) is 1. The second-order valence-corrected chi connectivity index (χ2v) is 8.76. The number of thioether (sulfide) groups is 1. The number of anilines is 1. The zero-order valence-corrected chi connectivity index (χ0v) is 18.5. The van der Waals surface area contributed by atoms with E-state index in [1.54, 1.807) is 49.1 Å². The lowest BCUT2D eigenvalue weighted by molar-refractivity contribution is -0.121. The van der Waals surface area contributed by atoms with Crippen LogP contribution in [-0.2, 0) is 9.53 Å². The highest BCUT2D eigenvalue weighted by Gasteiger charge is 2.25. The largest absolute Gasteiger partial charge is 0.497 e. The number of amides is 1. The third-order valence-corrected chi connectivity index (χ3v) is 6.45. The Morgan fingerprint density at radius 1 is 1.16 bits per heavy atom. The highest BCUT2D eigenvalue weighted by molar-refractivity contribution is 8.00. The number of aromatic amines is 1. The number of fused-ring (bicyclic) bond motifs is 2. The fourth-order valence-electron chi connectivity index (χ4n) is 3.60. The number of carbonyl (C=O) groups is 2. The molecule has 0 bridgehead atoms. The molecule has 31 heavy (non-hydrogen) atoms. The van der Waals surface area contributed by atoms with Crippen LogP contribution in [0.1, 0.15) is 23.8 Å². The molecule has 1 unspecified atom stereocenters. The van der Waals surface area contributed by atoms with Crippen LogP contribution < -0.4 is 14.4 Å². The summed E-state index contributed by atoms with van der Waals surface area (Å²) in [4.78, 5) is 31.3. The van der Waals surface area contributed by atoms with E-state index in [1.165, 1.54) is 0 Å². The number of methoxy groups -OCH3 is 2. The molecule has 0 saturated heterocycles. The van der Waals surface area contributed by atoms with Crippen LogP contribution in [0.4, 0.5) is 5.69 Å². The molecule has 1 atom stereocenters. The van der Waals surface area contributed by atoms with E-state index in [-0.39, 0.29) is 18.2 Å². The van der Waals surface area contributed by atoms with Crippen LogP contribution in [-0.4, -0.2) is 49.5 Å². The van der Waals surface area contributed by atoms with Gasteiger partial charge in [0.2, 0.25) is 0 Å². The standard InChI is InChI=1S/C23H24N2O5S/c1-14-8-9-25(18-6-4-5-7-20(18)31-14)21(26)13-30-23(27)17-11-15-10-16(28-2)12-19(29-3)22(15)24-17/h4-7,10-12,14,24H,8-9,13H2,1-3H3. The van der Waals surface area contributed by atoms with Gasteiger partial charge in [0.25, 0.3) is 5.91 Å². The summed E-state index contributed by atoms with van der Waals surface area (Å²) in [5, 5.41) is 1.15. The Morgan fingerprint density at radius 2 is 1.97 bits per heavy atom. The minimum atomic E-state index is -0.601. The van der Waals surface area contributed by atoms with Crippen molar-refractivity contribution in [3.05, 3.63) is 48.2 Å². The molecular weight excluding hydrogens is 416 g/mol. The third-order valence-electron chi connectivity index (χ3n) is 5.21. The number of para-hydroxylation sites is 1. The number of aromatic nitrogens is 1. The Hall–Kier alpha value is -3.13. The molecule has 0 radical (unpaired) electrons. The van der Waals surface area contributed by atoms with E-state index in [1.807, 2.05) is 24.3 Å². The monoisotopic (exact) mass is 440 g/mol. The topological polar surface area (TPSA) is 80.9 Å². The van der Waals surface area contributed by atoms with Crippen molar-refractivity contribution in [2.24, 2.45) is 0 Å². The fourth-order valence-corrected chi connectivity index (χ4v) is 4.72. The van der Waals surface area contributed by atoms with Crippen LogP contribution >= 0.6 is 11.8 Å². The lowest BCUT2D eigenvalue weighted by Crippen LogP contribution is -2.35. The fraction of sp³-hybridized carbons (Fsp3) is 0.304. The molecule has 7 nitrogen and oxygen atoms in total. The normalized spacial score (nSPS) is 15.8. The molecule has 0 saturated carbocycles. The van der Waals surface area contributed by atoms with Crippen molar-refractivity contribution in [2.75, 3.05) is 32.3 Å². The maximum Gasteiger partial charge on any atom is 0.355 e. The summed E-state index contributed by atoms with van der Waals surface area (Å²) in [6.07, 6.45) is 0.864. The van der Waals surface area contributed by atoms with Crippen molar-refractivity contribution in [1.82, 2.24) is 4.98 Å². The third kappa shape index (κ3) is 4.34. The molecule has 1 aromatic heterocycles. The van der Waals surface area contributed by atoms with Crippen molar-refractivity contribution in [2.45, 2.75) is 23.5 Å². The lowest BCUT2D eigenvalue weighted by Gasteiger charge is -2.22. The van der Waals surface area contributed by atoms with E-state index in [2.05, 4.69) is 11.9 Å². The molecule has 2 heterocycles. The summed E-state index contributed by atoms with van der Waals surface area (Å²) < 4.78 is 16.0. The van der Waals surface area contributed by atoms with Gasteiger partial charge in [0.15, 0.2) is 6.61 Å². The van der Waals surface area contributed by atoms with Gasteiger partial charge in [-0.1, -0.05) is 19.1 Å². The van der Waals surface area contributed by atoms with Gasteiger partial charge in [-0.3, -0.25) is 4.79 Å². The maximum atomic E-state index is 12.9. The van der Waals surface area contributed by atoms with Gasteiger partial charge in [0.05, 0.1) is 25.4 Å². The summed E-state index contributed by atoms with van der Waals surface area (Å²) in [5.74, 6) is 0.324. The van der Waals surface area contributed by atoms with Crippen molar-refractivity contribution >= 4 is 40.2 Å². The van der Waals surface area contributed by atoms with Crippen LogP contribution in [0.2, 0.25) is 0 Å². The average Bonchev–Trinajstić information content (AvgIpc) is 3.14. The Balaban J connectivity index is 1.49. The van der Waals surface area contributed by atoms with Gasteiger partial charge in [-0.25, -0.2) is 4.79 Å². The van der Waals surface area contributed by atoms with Crippen molar-refractivity contribution in [1.29, 1.82) is 0 Å². The number of carbonyl (C=O) groups excluding carboxylic acids is 2. The number of hydrogen-bond donors (Lipinski definition) is 1. The van der Waals surface area contributed by atoms with Gasteiger partial charge in [-0.15, -0.1) is 11.8 Å². The van der Waals surface area contributed by atoms with Crippen LogP contribution in [0.15, 0.2) is 47.4 Å². The van der Waals surface area contributed by atoms with Crippen LogP contribution in [0.25, 0.3) is 10.9 Å². The number of esters is 1. The van der Waals surface area contributed by atoms with E-state index in [0.29, 0.717) is 28.8 Å². The van der Waals surface area contributed by atoms with Crippen molar-refractivity contribution < 1.29 is 23.8 Å². The Kier molecular flexibility index (Phi) is 6.08. The van der Waals surface area contributed by atoms with Gasteiger partial charge < -0.3 is 24.1 Å². The SMILES string of the molecule is COc1cc(OC)c2[nH]c(C(=O)OCC(=O)N3CCC(C)Sc4ccccc43)cc2c1. The molecule has 0 spiro atoms. The Labute approximate surface area is 184 Å². The van der Waals surface area contributed by atoms with E-state index in [0.717, 1.165) is 22.4 Å². The van der Waals surface area contributed by atoms with Gasteiger partial charge in [0.1, 0.15) is 17.2 Å². The van der Waals surface area contributed by atoms with Crippen molar-refractivity contribution in [3.8, 4) is 11.5 Å². The molecule has 2 aromatic carbocycles. The summed E-state index contributed by atoms with van der Waals surface area (Å²) in [6, 6.07) is 13.0. The summed E-state index contributed by atoms with van der Waals surface area (Å²) in [7, 11) is 3.11. The van der Waals surface area contributed by atoms with Gasteiger partial charge >= 0.3 is 5.97 Å². The molecule has 4 rings (SSSR count). The molecular formula is C23H24N2O5S. The zero-order chi connectivity index (χ0) is 22.0. The van der Waals surface area contributed by atoms with E-state index < -0.39 is 5.97 Å². The molecule has 162 valence electrons. The summed E-state index contributed by atoms with van der Waals surface area (Å²) in [5.41, 5.74) is 1.77. The minimum Gasteiger partial charge on any atom is -0.497 e. The Bertz CT molecular complexity index is 1130. The first-order valence-corrected chi connectivity index (χ1v) is 10.9. The zero-order valence-electron chi connectivity index (χ0n) is 17.6. The van der Waals surface area contributed by atoms with E-state index >= 15 is 0 Å². The second kappa shape index (κ2) is 8.93. The Morgan fingerprint density at radius 3 is 2.74 bits per heavy atom. The van der Waals surface area contributed by atoms with Crippen molar-refractivity contribution in [3.63, 3.8) is 0 Å². The summed E-state index contributed by atoms with van der Waals surface area (Å²) in [6.45, 7) is 2.40. The quantitative estimate of drug-likeness (QED) is 0.597. The van der Waals surface area contributed by atoms with Crippen LogP contribution in [0, 0.1) is 0 Å². The predicted molar refractivity (Wildman–Crippen MR) is 120 cm³/mol. The molecule has 0 aliphatic carbocycles. The first-order valence-electron chi connectivity index (χ1n) is 9.98. The van der Waals surface area contributed by atoms with Gasteiger partial charge in [-0.05, 0) is 30.7 Å². The number of H-pyrrole nitrogens is 1. The van der Waals surface area contributed by atoms with E-state index in [4.69, 9.17) is 14.2 Å². The summed E-state index contributed by atoms with van der Waals surface area (Å²) >= 11 is 1.76.